The van der Waals surface area contributed by atoms with Gasteiger partial charge in [0.15, 0.2) is 11.3 Å². The number of nitrogens with one attached hydrogen (secondary N) is 1. The van der Waals surface area contributed by atoms with Gasteiger partial charge in [-0.3, -0.25) is 9.59 Å². The van der Waals surface area contributed by atoms with Crippen molar-refractivity contribution in [2.75, 3.05) is 26.3 Å². The lowest BCUT2D eigenvalue weighted by Crippen LogP contribution is -2.41. The number of rotatable bonds is 1. The van der Waals surface area contributed by atoms with E-state index in [2.05, 4.69) is 15.3 Å². The third kappa shape index (κ3) is 2.27. The van der Waals surface area contributed by atoms with E-state index in [1.165, 1.54) is 4.52 Å². The maximum atomic E-state index is 12.6. The molecular formula is C14H12ClN5O3. The minimum atomic E-state index is -0.445. The summed E-state index contributed by atoms with van der Waals surface area (Å²) in [7, 11) is 0. The van der Waals surface area contributed by atoms with Gasteiger partial charge in [-0.2, -0.15) is 4.98 Å². The van der Waals surface area contributed by atoms with E-state index in [0.717, 1.165) is 0 Å². The Hall–Kier alpha value is -2.45. The molecule has 1 saturated heterocycles. The topological polar surface area (TPSA) is 92.6 Å². The molecule has 9 heteroatoms. The first kappa shape index (κ1) is 14.2. The number of morpholine rings is 1. The largest absolute Gasteiger partial charge is 0.378 e. The second-order valence-corrected chi connectivity index (χ2v) is 5.64. The number of benzene rings is 1. The fourth-order valence-electron chi connectivity index (χ4n) is 2.66. The molecule has 2 aromatic heterocycles. The summed E-state index contributed by atoms with van der Waals surface area (Å²) in [4.78, 5) is 30.4. The Labute approximate surface area is 134 Å². The molecule has 1 fully saturated rings. The van der Waals surface area contributed by atoms with Gasteiger partial charge in [0.2, 0.25) is 0 Å². The van der Waals surface area contributed by atoms with Crippen molar-refractivity contribution in [1.82, 2.24) is 24.7 Å². The molecule has 1 amide bonds. The molecule has 23 heavy (non-hydrogen) atoms. The van der Waals surface area contributed by atoms with Crippen LogP contribution in [0.3, 0.4) is 0 Å². The highest BCUT2D eigenvalue weighted by atomic mass is 35.5. The van der Waals surface area contributed by atoms with Gasteiger partial charge in [0, 0.05) is 18.1 Å². The predicted octanol–water partition coefficient (Wildman–Crippen LogP) is 0.697. The smallest absolute Gasteiger partial charge is 0.281 e. The number of aromatic nitrogens is 4. The van der Waals surface area contributed by atoms with E-state index in [9.17, 15) is 9.59 Å². The standard InChI is InChI=1S/C14H12ClN5O3/c15-8-1-2-10-9(7-8)13(21)16-12-11(17-18-20(10)12)14(22)19-3-5-23-6-4-19/h1-2,7,18H,3-6H2. The van der Waals surface area contributed by atoms with Gasteiger partial charge in [-0.25, -0.2) is 9.73 Å². The second-order valence-electron chi connectivity index (χ2n) is 5.20. The highest BCUT2D eigenvalue weighted by Crippen LogP contribution is 2.18. The van der Waals surface area contributed by atoms with Gasteiger partial charge in [-0.1, -0.05) is 11.6 Å². The molecule has 0 saturated carbocycles. The molecule has 3 heterocycles. The Bertz CT molecular complexity index is 974. The molecule has 3 aromatic rings. The summed E-state index contributed by atoms with van der Waals surface area (Å²) in [5.41, 5.74) is 0.458. The van der Waals surface area contributed by atoms with Crippen LogP contribution in [0.5, 0.6) is 0 Å². The first-order valence-corrected chi connectivity index (χ1v) is 7.46. The van der Waals surface area contributed by atoms with Crippen molar-refractivity contribution < 1.29 is 9.53 Å². The zero-order chi connectivity index (χ0) is 16.0. The van der Waals surface area contributed by atoms with Gasteiger partial charge in [0.05, 0.1) is 24.1 Å². The minimum Gasteiger partial charge on any atom is -0.378 e. The normalized spacial score (nSPS) is 15.4. The average molecular weight is 334 g/mol. The average Bonchev–Trinajstić information content (AvgIpc) is 2.99. The van der Waals surface area contributed by atoms with Crippen LogP contribution in [0.15, 0.2) is 23.0 Å². The lowest BCUT2D eigenvalue weighted by Gasteiger charge is -2.25. The van der Waals surface area contributed by atoms with Crippen molar-refractivity contribution in [3.63, 3.8) is 0 Å². The summed E-state index contributed by atoms with van der Waals surface area (Å²) < 4.78 is 6.75. The van der Waals surface area contributed by atoms with Crippen LogP contribution in [0.4, 0.5) is 0 Å². The molecule has 0 unspecified atom stereocenters. The summed E-state index contributed by atoms with van der Waals surface area (Å²) in [6, 6.07) is 4.90. The van der Waals surface area contributed by atoms with Crippen molar-refractivity contribution in [1.29, 1.82) is 0 Å². The van der Waals surface area contributed by atoms with Crippen LogP contribution in [0.2, 0.25) is 5.02 Å². The fourth-order valence-corrected chi connectivity index (χ4v) is 2.84. The number of hydrogen-bond acceptors (Lipinski definition) is 5. The minimum absolute atomic E-state index is 0.126. The van der Waals surface area contributed by atoms with Gasteiger partial charge >= 0.3 is 0 Å². The summed E-state index contributed by atoms with van der Waals surface area (Å²) in [6.07, 6.45) is 0. The van der Waals surface area contributed by atoms with Gasteiger partial charge in [0.1, 0.15) is 0 Å². The molecule has 0 atom stereocenters. The molecule has 1 aliphatic rings. The van der Waals surface area contributed by atoms with E-state index in [0.29, 0.717) is 42.2 Å². The number of hydrogen-bond donors (Lipinski definition) is 1. The summed E-state index contributed by atoms with van der Waals surface area (Å²) in [5.74, 6) is -0.271. The quantitative estimate of drug-likeness (QED) is 0.707. The summed E-state index contributed by atoms with van der Waals surface area (Å²) in [6.45, 7) is 1.96. The van der Waals surface area contributed by atoms with E-state index in [4.69, 9.17) is 16.3 Å². The zero-order valence-corrected chi connectivity index (χ0v) is 12.7. The Morgan fingerprint density at radius 1 is 1.30 bits per heavy atom. The Balaban J connectivity index is 1.89. The van der Waals surface area contributed by atoms with Crippen LogP contribution in [-0.4, -0.2) is 56.9 Å². The maximum Gasteiger partial charge on any atom is 0.281 e. The first-order valence-electron chi connectivity index (χ1n) is 7.08. The number of fused-ring (bicyclic) bond motifs is 3. The zero-order valence-electron chi connectivity index (χ0n) is 12.0. The van der Waals surface area contributed by atoms with Crippen LogP contribution in [0, 0.1) is 0 Å². The van der Waals surface area contributed by atoms with E-state index in [1.807, 2.05) is 0 Å². The van der Waals surface area contributed by atoms with Crippen LogP contribution >= 0.6 is 11.6 Å². The molecular weight excluding hydrogens is 322 g/mol. The van der Waals surface area contributed by atoms with Gasteiger partial charge in [-0.15, -0.1) is 5.10 Å². The number of nitrogens with zero attached hydrogens (tertiary/aromatic N) is 4. The van der Waals surface area contributed by atoms with E-state index in [-0.39, 0.29) is 17.2 Å². The van der Waals surface area contributed by atoms with Crippen LogP contribution < -0.4 is 5.56 Å². The van der Waals surface area contributed by atoms with Crippen molar-refractivity contribution in [2.45, 2.75) is 0 Å². The molecule has 1 N–H and O–H groups in total. The first-order chi connectivity index (χ1) is 11.1. The number of amides is 1. The predicted molar refractivity (Wildman–Crippen MR) is 82.8 cm³/mol. The third-order valence-corrected chi connectivity index (χ3v) is 4.06. The van der Waals surface area contributed by atoms with Crippen molar-refractivity contribution in [3.8, 4) is 0 Å². The highest BCUT2D eigenvalue weighted by Gasteiger charge is 2.24. The third-order valence-electron chi connectivity index (χ3n) is 3.82. The van der Waals surface area contributed by atoms with Crippen LogP contribution in [0.1, 0.15) is 10.5 Å². The monoisotopic (exact) mass is 333 g/mol. The summed E-state index contributed by atoms with van der Waals surface area (Å²) in [5, 5.41) is 7.61. The molecule has 0 aliphatic carbocycles. The van der Waals surface area contributed by atoms with E-state index < -0.39 is 5.56 Å². The van der Waals surface area contributed by atoms with Crippen molar-refractivity contribution in [3.05, 3.63) is 39.3 Å². The molecule has 118 valence electrons. The highest BCUT2D eigenvalue weighted by molar-refractivity contribution is 6.31. The number of halogens is 1. The molecule has 4 rings (SSSR count). The molecule has 1 aromatic carbocycles. The van der Waals surface area contributed by atoms with Crippen LogP contribution in [-0.2, 0) is 4.74 Å². The number of aromatic amines is 1. The Kier molecular flexibility index (Phi) is 3.28. The Morgan fingerprint density at radius 3 is 2.87 bits per heavy atom. The number of ether oxygens (including phenoxy) is 1. The second kappa shape index (κ2) is 5.32. The lowest BCUT2D eigenvalue weighted by molar-refractivity contribution is 0.0300. The summed E-state index contributed by atoms with van der Waals surface area (Å²) >= 11 is 5.92. The van der Waals surface area contributed by atoms with Gasteiger partial charge in [0.25, 0.3) is 11.5 Å². The maximum absolute atomic E-state index is 12.6. The van der Waals surface area contributed by atoms with Gasteiger partial charge in [-0.05, 0) is 18.2 Å². The molecule has 0 spiro atoms. The number of H-pyrrole nitrogens is 1. The van der Waals surface area contributed by atoms with Crippen LogP contribution in [0.25, 0.3) is 16.6 Å². The Morgan fingerprint density at radius 2 is 2.09 bits per heavy atom. The fraction of sp³-hybridized carbons (Fsp3) is 0.286. The SMILES string of the molecule is O=C(c1n[nH]n2c1nc(=O)c1cc(Cl)ccc12)N1CCOCC1. The number of carbonyl (C=O) groups excluding carboxylic acids is 1. The molecule has 8 nitrogen and oxygen atoms in total. The lowest BCUT2D eigenvalue weighted by atomic mass is 10.2. The van der Waals surface area contributed by atoms with Crippen molar-refractivity contribution in [2.24, 2.45) is 0 Å². The number of carbonyl (C=O) groups is 1. The van der Waals surface area contributed by atoms with Gasteiger partial charge < -0.3 is 9.64 Å². The molecule has 0 radical (unpaired) electrons. The molecule has 0 bridgehead atoms. The van der Waals surface area contributed by atoms with Crippen molar-refractivity contribution >= 4 is 34.1 Å². The molecule has 1 aliphatic heterocycles. The van der Waals surface area contributed by atoms with E-state index in [1.54, 1.807) is 23.1 Å². The van der Waals surface area contributed by atoms with E-state index >= 15 is 0 Å².